The lowest BCUT2D eigenvalue weighted by Crippen LogP contribution is -2.20. The third kappa shape index (κ3) is 3.65. The van der Waals surface area contributed by atoms with Gasteiger partial charge in [0.05, 0.1) is 22.3 Å². The highest BCUT2D eigenvalue weighted by molar-refractivity contribution is 6.33. The van der Waals surface area contributed by atoms with Crippen molar-refractivity contribution in [3.8, 4) is 6.07 Å². The van der Waals surface area contributed by atoms with Gasteiger partial charge in [0.1, 0.15) is 0 Å². The van der Waals surface area contributed by atoms with Gasteiger partial charge in [0, 0.05) is 6.04 Å². The van der Waals surface area contributed by atoms with E-state index >= 15 is 0 Å². The molecule has 0 atom stereocenters. The Balaban J connectivity index is 2.05. The summed E-state index contributed by atoms with van der Waals surface area (Å²) in [5, 5.41) is 13.1. The number of nitrogens with zero attached hydrogens (tertiary/aromatic N) is 1. The summed E-state index contributed by atoms with van der Waals surface area (Å²) in [6.45, 7) is 0. The Kier molecular flexibility index (Phi) is 4.90. The quantitative estimate of drug-likeness (QED) is 0.836. The molecule has 1 aliphatic carbocycles. The van der Waals surface area contributed by atoms with E-state index in [-0.39, 0.29) is 0 Å². The lowest BCUT2D eigenvalue weighted by Gasteiger charge is -2.22. The average molecular weight is 263 g/mol. The fourth-order valence-electron chi connectivity index (χ4n) is 2.53. The predicted molar refractivity (Wildman–Crippen MR) is 75.9 cm³/mol. The molecule has 1 N–H and O–H groups in total. The number of nitrogens with one attached hydrogen (secondary N) is 1. The van der Waals surface area contributed by atoms with E-state index in [0.717, 1.165) is 5.69 Å². The summed E-state index contributed by atoms with van der Waals surface area (Å²) in [7, 11) is 0. The number of hydrogen-bond donors (Lipinski definition) is 1. The Bertz CT molecular complexity index is 429. The van der Waals surface area contributed by atoms with E-state index < -0.39 is 0 Å². The Morgan fingerprint density at radius 3 is 2.44 bits per heavy atom. The monoisotopic (exact) mass is 262 g/mol. The molecule has 0 unspecified atom stereocenters. The molecule has 2 nitrogen and oxygen atoms in total. The fourth-order valence-corrected chi connectivity index (χ4v) is 2.70. The number of hydrogen-bond acceptors (Lipinski definition) is 2. The van der Waals surface area contributed by atoms with Crippen LogP contribution in [0.15, 0.2) is 18.2 Å². The Morgan fingerprint density at radius 1 is 1.11 bits per heavy atom. The Labute approximate surface area is 114 Å². The minimum Gasteiger partial charge on any atom is -0.381 e. The molecular formula is C15H19ClN2. The zero-order valence-electron chi connectivity index (χ0n) is 10.6. The van der Waals surface area contributed by atoms with Gasteiger partial charge in [-0.15, -0.1) is 0 Å². The van der Waals surface area contributed by atoms with Crippen molar-refractivity contribution in [2.45, 2.75) is 51.0 Å². The van der Waals surface area contributed by atoms with Crippen LogP contribution in [-0.4, -0.2) is 6.04 Å². The van der Waals surface area contributed by atoms with E-state index in [2.05, 4.69) is 11.4 Å². The Hall–Kier alpha value is -1.20. The molecule has 1 aliphatic rings. The molecule has 1 saturated carbocycles. The van der Waals surface area contributed by atoms with Crippen molar-refractivity contribution in [2.75, 3.05) is 5.32 Å². The minimum absolute atomic E-state index is 0.497. The van der Waals surface area contributed by atoms with E-state index in [9.17, 15) is 0 Å². The highest BCUT2D eigenvalue weighted by atomic mass is 35.5. The molecule has 0 spiro atoms. The molecule has 0 saturated heterocycles. The molecule has 1 aromatic carbocycles. The van der Waals surface area contributed by atoms with Crippen molar-refractivity contribution >= 4 is 17.3 Å². The molecule has 0 aliphatic heterocycles. The number of benzene rings is 1. The van der Waals surface area contributed by atoms with Gasteiger partial charge in [0.15, 0.2) is 0 Å². The maximum atomic E-state index is 8.92. The molecular weight excluding hydrogens is 244 g/mol. The van der Waals surface area contributed by atoms with E-state index in [4.69, 9.17) is 16.9 Å². The Morgan fingerprint density at radius 2 is 1.78 bits per heavy atom. The summed E-state index contributed by atoms with van der Waals surface area (Å²) < 4.78 is 0. The minimum atomic E-state index is 0.497. The molecule has 2 rings (SSSR count). The summed E-state index contributed by atoms with van der Waals surface area (Å²) in [6, 6.07) is 8.05. The van der Waals surface area contributed by atoms with Crippen LogP contribution >= 0.6 is 11.6 Å². The summed E-state index contributed by atoms with van der Waals surface area (Å²) in [5.74, 6) is 0. The largest absolute Gasteiger partial charge is 0.381 e. The van der Waals surface area contributed by atoms with E-state index in [1.165, 1.54) is 44.9 Å². The summed E-state index contributed by atoms with van der Waals surface area (Å²) >= 11 is 6.17. The number of nitriles is 1. The van der Waals surface area contributed by atoms with Crippen LogP contribution in [0.2, 0.25) is 5.02 Å². The SMILES string of the molecule is N#Cc1ccc(Cl)c(NC2CCCCCCC2)c1. The van der Waals surface area contributed by atoms with E-state index in [1.807, 2.05) is 6.07 Å². The zero-order valence-corrected chi connectivity index (χ0v) is 11.3. The van der Waals surface area contributed by atoms with Crippen molar-refractivity contribution in [1.82, 2.24) is 0 Å². The van der Waals surface area contributed by atoms with Crippen molar-refractivity contribution in [3.05, 3.63) is 28.8 Å². The van der Waals surface area contributed by atoms with Crippen LogP contribution in [0.4, 0.5) is 5.69 Å². The van der Waals surface area contributed by atoms with Gasteiger partial charge in [-0.3, -0.25) is 0 Å². The predicted octanol–water partition coefficient (Wildman–Crippen LogP) is 4.74. The van der Waals surface area contributed by atoms with E-state index in [1.54, 1.807) is 12.1 Å². The normalized spacial score (nSPS) is 17.6. The third-order valence-electron chi connectivity index (χ3n) is 3.56. The van der Waals surface area contributed by atoms with Gasteiger partial charge in [-0.25, -0.2) is 0 Å². The first-order valence-electron chi connectivity index (χ1n) is 6.76. The number of halogens is 1. The molecule has 96 valence electrons. The van der Waals surface area contributed by atoms with Gasteiger partial charge in [0.2, 0.25) is 0 Å². The topological polar surface area (TPSA) is 35.8 Å². The van der Waals surface area contributed by atoms with Gasteiger partial charge < -0.3 is 5.32 Å². The van der Waals surface area contributed by atoms with E-state index in [0.29, 0.717) is 16.6 Å². The van der Waals surface area contributed by atoms with Crippen LogP contribution < -0.4 is 5.32 Å². The van der Waals surface area contributed by atoms with Crippen molar-refractivity contribution in [2.24, 2.45) is 0 Å². The van der Waals surface area contributed by atoms with Gasteiger partial charge in [0.25, 0.3) is 0 Å². The van der Waals surface area contributed by atoms with Crippen LogP contribution in [0.3, 0.4) is 0 Å². The molecule has 0 amide bonds. The standard InChI is InChI=1S/C15H19ClN2/c16-14-9-8-12(11-17)10-15(14)18-13-6-4-2-1-3-5-7-13/h8-10,13,18H,1-7H2. The van der Waals surface area contributed by atoms with Crippen LogP contribution in [-0.2, 0) is 0 Å². The maximum Gasteiger partial charge on any atom is 0.0992 e. The van der Waals surface area contributed by atoms with Crippen LogP contribution in [0.5, 0.6) is 0 Å². The number of anilines is 1. The molecule has 1 aromatic rings. The first kappa shape index (κ1) is 13.2. The summed E-state index contributed by atoms with van der Waals surface area (Å²) in [6.07, 6.45) is 9.02. The van der Waals surface area contributed by atoms with Crippen LogP contribution in [0.1, 0.15) is 50.5 Å². The molecule has 0 radical (unpaired) electrons. The molecule has 0 bridgehead atoms. The average Bonchev–Trinajstić information content (AvgIpc) is 2.35. The second-order valence-electron chi connectivity index (χ2n) is 4.99. The highest BCUT2D eigenvalue weighted by Crippen LogP contribution is 2.26. The molecule has 0 aromatic heterocycles. The van der Waals surface area contributed by atoms with Crippen LogP contribution in [0, 0.1) is 11.3 Å². The maximum absolute atomic E-state index is 8.92. The summed E-state index contributed by atoms with van der Waals surface area (Å²) in [4.78, 5) is 0. The second-order valence-corrected chi connectivity index (χ2v) is 5.40. The first-order chi connectivity index (χ1) is 8.79. The highest BCUT2D eigenvalue weighted by Gasteiger charge is 2.12. The lowest BCUT2D eigenvalue weighted by atomic mass is 9.96. The third-order valence-corrected chi connectivity index (χ3v) is 3.89. The molecule has 18 heavy (non-hydrogen) atoms. The van der Waals surface area contributed by atoms with Gasteiger partial charge in [-0.05, 0) is 31.0 Å². The zero-order chi connectivity index (χ0) is 12.8. The fraction of sp³-hybridized carbons (Fsp3) is 0.533. The lowest BCUT2D eigenvalue weighted by molar-refractivity contribution is 0.471. The number of rotatable bonds is 2. The smallest absolute Gasteiger partial charge is 0.0992 e. The molecule has 0 heterocycles. The van der Waals surface area contributed by atoms with Crippen molar-refractivity contribution < 1.29 is 0 Å². The first-order valence-corrected chi connectivity index (χ1v) is 7.13. The van der Waals surface area contributed by atoms with Gasteiger partial charge in [-0.1, -0.05) is 43.7 Å². The molecule has 1 fully saturated rings. The van der Waals surface area contributed by atoms with Gasteiger partial charge >= 0.3 is 0 Å². The molecule has 3 heteroatoms. The van der Waals surface area contributed by atoms with Gasteiger partial charge in [-0.2, -0.15) is 5.26 Å². The van der Waals surface area contributed by atoms with Crippen LogP contribution in [0.25, 0.3) is 0 Å². The van der Waals surface area contributed by atoms with Crippen molar-refractivity contribution in [1.29, 1.82) is 5.26 Å². The summed E-state index contributed by atoms with van der Waals surface area (Å²) in [5.41, 5.74) is 1.56. The second kappa shape index (κ2) is 6.66. The van der Waals surface area contributed by atoms with Crippen molar-refractivity contribution in [3.63, 3.8) is 0 Å².